The van der Waals surface area contributed by atoms with Crippen LogP contribution in [0.4, 0.5) is 0 Å². The molecular weight excluding hydrogens is 278 g/mol. The molecule has 0 aromatic carbocycles. The number of carbonyl (C=O) groups excluding carboxylic acids is 1. The Morgan fingerprint density at radius 1 is 1.15 bits per heavy atom. The molecule has 1 amide bonds. The maximum absolute atomic E-state index is 12.5. The van der Waals surface area contributed by atoms with Gasteiger partial charge < -0.3 is 4.90 Å². The lowest BCUT2D eigenvalue weighted by molar-refractivity contribution is -0.136. The van der Waals surface area contributed by atoms with Crippen molar-refractivity contribution in [2.24, 2.45) is 0 Å². The zero-order valence-corrected chi connectivity index (χ0v) is 13.2. The maximum Gasteiger partial charge on any atom is 0.241 e. The normalized spacial score (nSPS) is 26.1. The molecule has 0 aromatic rings. The van der Waals surface area contributed by atoms with Gasteiger partial charge in [-0.15, -0.1) is 0 Å². The summed E-state index contributed by atoms with van der Waals surface area (Å²) in [5.74, 6) is -0.0101. The van der Waals surface area contributed by atoms with E-state index in [9.17, 15) is 13.2 Å². The Bertz CT molecular complexity index is 444. The van der Waals surface area contributed by atoms with Crippen molar-refractivity contribution in [3.05, 3.63) is 0 Å². The molecule has 1 atom stereocenters. The number of amides is 1. The van der Waals surface area contributed by atoms with Crippen LogP contribution in [0.1, 0.15) is 26.2 Å². The van der Waals surface area contributed by atoms with Crippen LogP contribution in [0, 0.1) is 0 Å². The van der Waals surface area contributed by atoms with Crippen LogP contribution in [-0.2, 0) is 14.8 Å². The van der Waals surface area contributed by atoms with Crippen LogP contribution in [0.25, 0.3) is 0 Å². The first-order valence-corrected chi connectivity index (χ1v) is 9.26. The fourth-order valence-corrected chi connectivity index (χ4v) is 4.22. The van der Waals surface area contributed by atoms with Gasteiger partial charge in [-0.3, -0.25) is 9.69 Å². The van der Waals surface area contributed by atoms with Crippen molar-refractivity contribution < 1.29 is 13.2 Å². The van der Waals surface area contributed by atoms with Crippen molar-refractivity contribution in [1.29, 1.82) is 0 Å². The van der Waals surface area contributed by atoms with Crippen molar-refractivity contribution in [3.8, 4) is 0 Å². The van der Waals surface area contributed by atoms with Crippen molar-refractivity contribution in [1.82, 2.24) is 14.1 Å². The Balaban J connectivity index is 1.95. The van der Waals surface area contributed by atoms with Gasteiger partial charge in [0.05, 0.1) is 6.26 Å². The smallest absolute Gasteiger partial charge is 0.241 e. The molecule has 116 valence electrons. The molecule has 2 rings (SSSR count). The topological polar surface area (TPSA) is 60.9 Å². The molecule has 2 aliphatic rings. The molecule has 2 heterocycles. The summed E-state index contributed by atoms with van der Waals surface area (Å²) >= 11 is 0. The molecular formula is C13H25N3O3S. The van der Waals surface area contributed by atoms with Crippen LogP contribution in [0.15, 0.2) is 0 Å². The molecule has 0 saturated carbocycles. The van der Waals surface area contributed by atoms with E-state index in [4.69, 9.17) is 0 Å². The summed E-state index contributed by atoms with van der Waals surface area (Å²) in [6, 6.07) is -0.470. The van der Waals surface area contributed by atoms with E-state index in [2.05, 4.69) is 11.8 Å². The first-order valence-electron chi connectivity index (χ1n) is 7.41. The summed E-state index contributed by atoms with van der Waals surface area (Å²) in [7, 11) is -3.28. The van der Waals surface area contributed by atoms with E-state index in [0.29, 0.717) is 26.1 Å². The van der Waals surface area contributed by atoms with Gasteiger partial charge in [0.2, 0.25) is 15.9 Å². The van der Waals surface area contributed by atoms with Crippen LogP contribution < -0.4 is 0 Å². The van der Waals surface area contributed by atoms with Gasteiger partial charge in [0.25, 0.3) is 0 Å². The van der Waals surface area contributed by atoms with Crippen molar-refractivity contribution in [2.75, 3.05) is 45.5 Å². The average Bonchev–Trinajstić information content (AvgIpc) is 2.88. The minimum atomic E-state index is -3.28. The number of rotatable bonds is 4. The SMILES string of the molecule is CCCN1CCN(C(=O)C2CCCN2S(C)(=O)=O)CC1. The second-order valence-electron chi connectivity index (χ2n) is 5.70. The van der Waals surface area contributed by atoms with E-state index < -0.39 is 16.1 Å². The Kier molecular flexibility index (Phi) is 5.04. The highest BCUT2D eigenvalue weighted by Crippen LogP contribution is 2.22. The predicted octanol–water partition coefficient (Wildman–Crippen LogP) is -0.0354. The first kappa shape index (κ1) is 15.7. The number of sulfonamides is 1. The molecule has 0 spiro atoms. The highest BCUT2D eigenvalue weighted by atomic mass is 32.2. The second-order valence-corrected chi connectivity index (χ2v) is 7.63. The summed E-state index contributed by atoms with van der Waals surface area (Å²) in [5.41, 5.74) is 0. The highest BCUT2D eigenvalue weighted by molar-refractivity contribution is 7.88. The quantitative estimate of drug-likeness (QED) is 0.731. The molecule has 2 saturated heterocycles. The zero-order chi connectivity index (χ0) is 14.8. The first-order chi connectivity index (χ1) is 9.43. The van der Waals surface area contributed by atoms with Gasteiger partial charge >= 0.3 is 0 Å². The lowest BCUT2D eigenvalue weighted by Gasteiger charge is -2.36. The molecule has 20 heavy (non-hydrogen) atoms. The molecule has 7 heteroatoms. The van der Waals surface area contributed by atoms with E-state index in [0.717, 1.165) is 32.5 Å². The van der Waals surface area contributed by atoms with Gasteiger partial charge in [0, 0.05) is 32.7 Å². The van der Waals surface area contributed by atoms with Gasteiger partial charge in [-0.05, 0) is 25.8 Å². The third-order valence-corrected chi connectivity index (χ3v) is 5.43. The largest absolute Gasteiger partial charge is 0.339 e. The van der Waals surface area contributed by atoms with E-state index in [1.807, 2.05) is 4.90 Å². The van der Waals surface area contributed by atoms with Gasteiger partial charge in [0.15, 0.2) is 0 Å². The van der Waals surface area contributed by atoms with Crippen LogP contribution in [-0.4, -0.2) is 80.0 Å². The second kappa shape index (κ2) is 6.41. The average molecular weight is 303 g/mol. The standard InChI is InChI=1S/C13H25N3O3S/c1-3-6-14-8-10-15(11-9-14)13(17)12-5-4-7-16(12)20(2,18)19/h12H,3-11H2,1-2H3. The molecule has 0 aromatic heterocycles. The molecule has 6 nitrogen and oxygen atoms in total. The van der Waals surface area contributed by atoms with Crippen molar-refractivity contribution in [3.63, 3.8) is 0 Å². The van der Waals surface area contributed by atoms with Crippen molar-refractivity contribution >= 4 is 15.9 Å². The lowest BCUT2D eigenvalue weighted by atomic mass is 10.2. The fraction of sp³-hybridized carbons (Fsp3) is 0.923. The molecule has 2 fully saturated rings. The van der Waals surface area contributed by atoms with E-state index in [1.165, 1.54) is 10.6 Å². The summed E-state index contributed by atoms with van der Waals surface area (Å²) in [5, 5.41) is 0. The number of piperazine rings is 1. The fourth-order valence-electron chi connectivity index (χ4n) is 3.10. The van der Waals surface area contributed by atoms with Crippen LogP contribution in [0.3, 0.4) is 0 Å². The number of hydrogen-bond acceptors (Lipinski definition) is 4. The van der Waals surface area contributed by atoms with Gasteiger partial charge in [-0.1, -0.05) is 6.92 Å². The van der Waals surface area contributed by atoms with Crippen LogP contribution >= 0.6 is 0 Å². The van der Waals surface area contributed by atoms with Crippen LogP contribution in [0.2, 0.25) is 0 Å². The maximum atomic E-state index is 12.5. The number of nitrogens with zero attached hydrogens (tertiary/aromatic N) is 3. The summed E-state index contributed by atoms with van der Waals surface area (Å²) in [4.78, 5) is 16.7. The molecule has 0 radical (unpaired) electrons. The monoisotopic (exact) mass is 303 g/mol. The Morgan fingerprint density at radius 2 is 1.80 bits per heavy atom. The van der Waals surface area contributed by atoms with E-state index in [-0.39, 0.29) is 5.91 Å². The molecule has 0 bridgehead atoms. The third kappa shape index (κ3) is 3.51. The predicted molar refractivity (Wildman–Crippen MR) is 77.9 cm³/mol. The van der Waals surface area contributed by atoms with E-state index in [1.54, 1.807) is 0 Å². The van der Waals surface area contributed by atoms with Gasteiger partial charge in [-0.25, -0.2) is 8.42 Å². The van der Waals surface area contributed by atoms with Gasteiger partial charge in [0.1, 0.15) is 6.04 Å². The zero-order valence-electron chi connectivity index (χ0n) is 12.4. The van der Waals surface area contributed by atoms with Crippen LogP contribution in [0.5, 0.6) is 0 Å². The minimum Gasteiger partial charge on any atom is -0.339 e. The van der Waals surface area contributed by atoms with E-state index >= 15 is 0 Å². The Labute approximate surface area is 121 Å². The lowest BCUT2D eigenvalue weighted by Crippen LogP contribution is -2.54. The summed E-state index contributed by atoms with van der Waals surface area (Å²) in [6.45, 7) is 6.92. The molecule has 2 aliphatic heterocycles. The Morgan fingerprint density at radius 3 is 2.35 bits per heavy atom. The summed E-state index contributed by atoms with van der Waals surface area (Å²) < 4.78 is 24.8. The number of hydrogen-bond donors (Lipinski definition) is 0. The molecule has 0 N–H and O–H groups in total. The van der Waals surface area contributed by atoms with Crippen molar-refractivity contribution in [2.45, 2.75) is 32.2 Å². The highest BCUT2D eigenvalue weighted by Gasteiger charge is 2.39. The third-order valence-electron chi connectivity index (χ3n) is 4.14. The minimum absolute atomic E-state index is 0.0101. The number of carbonyl (C=O) groups is 1. The Hall–Kier alpha value is -0.660. The molecule has 0 aliphatic carbocycles. The molecule has 1 unspecified atom stereocenters. The van der Waals surface area contributed by atoms with Gasteiger partial charge in [-0.2, -0.15) is 4.31 Å². The summed E-state index contributed by atoms with van der Waals surface area (Å²) in [6.07, 6.45) is 3.75.